The molecule has 3 rings (SSSR count). The SMILES string of the molecule is Cc1cc(Br)ccc1NC(=O)CN1C[C@@H]2CCCN[C@@H]2C1. The van der Waals surface area contributed by atoms with Gasteiger partial charge in [0.25, 0.3) is 0 Å². The van der Waals surface area contributed by atoms with Crippen molar-refractivity contribution in [2.75, 3.05) is 31.5 Å². The number of aryl methyl sites for hydroxylation is 1. The Hall–Kier alpha value is -0.910. The van der Waals surface area contributed by atoms with Gasteiger partial charge < -0.3 is 10.6 Å². The second-order valence-electron chi connectivity index (χ2n) is 6.16. The number of hydrogen-bond donors (Lipinski definition) is 2. The van der Waals surface area contributed by atoms with Gasteiger partial charge in [-0.3, -0.25) is 9.69 Å². The van der Waals surface area contributed by atoms with Gasteiger partial charge in [0.1, 0.15) is 0 Å². The Balaban J connectivity index is 1.55. The first-order valence-corrected chi connectivity index (χ1v) is 8.43. The molecular weight excluding hydrogens is 330 g/mol. The minimum Gasteiger partial charge on any atom is -0.325 e. The maximum absolute atomic E-state index is 12.2. The van der Waals surface area contributed by atoms with Crippen LogP contribution < -0.4 is 10.6 Å². The predicted molar refractivity (Wildman–Crippen MR) is 88.5 cm³/mol. The molecule has 1 amide bonds. The number of halogens is 1. The van der Waals surface area contributed by atoms with Crippen LogP contribution in [0.15, 0.2) is 22.7 Å². The summed E-state index contributed by atoms with van der Waals surface area (Å²) in [6.07, 6.45) is 2.56. The molecule has 2 saturated heterocycles. The number of carbonyl (C=O) groups excluding carboxylic acids is 1. The monoisotopic (exact) mass is 351 g/mol. The molecule has 0 radical (unpaired) electrons. The fourth-order valence-corrected chi connectivity index (χ4v) is 3.90. The number of anilines is 1. The first-order valence-electron chi connectivity index (χ1n) is 7.63. The Labute approximate surface area is 134 Å². The van der Waals surface area contributed by atoms with Crippen molar-refractivity contribution in [3.8, 4) is 0 Å². The number of rotatable bonds is 3. The number of nitrogens with one attached hydrogen (secondary N) is 2. The highest BCUT2D eigenvalue weighted by Gasteiger charge is 2.34. The zero-order chi connectivity index (χ0) is 14.8. The molecule has 4 nitrogen and oxygen atoms in total. The second kappa shape index (κ2) is 6.46. The molecule has 0 saturated carbocycles. The van der Waals surface area contributed by atoms with Gasteiger partial charge in [0.15, 0.2) is 0 Å². The summed E-state index contributed by atoms with van der Waals surface area (Å²) < 4.78 is 1.03. The largest absolute Gasteiger partial charge is 0.325 e. The average molecular weight is 352 g/mol. The Kier molecular flexibility index (Phi) is 4.62. The van der Waals surface area contributed by atoms with E-state index in [1.54, 1.807) is 0 Å². The van der Waals surface area contributed by atoms with Gasteiger partial charge in [-0.1, -0.05) is 15.9 Å². The maximum Gasteiger partial charge on any atom is 0.238 e. The molecule has 21 heavy (non-hydrogen) atoms. The van der Waals surface area contributed by atoms with Crippen LogP contribution in [0.4, 0.5) is 5.69 Å². The third kappa shape index (κ3) is 3.65. The maximum atomic E-state index is 12.2. The molecule has 2 fully saturated rings. The summed E-state index contributed by atoms with van der Waals surface area (Å²) in [5.74, 6) is 0.806. The molecule has 0 bridgehead atoms. The van der Waals surface area contributed by atoms with Crippen LogP contribution in [-0.4, -0.2) is 43.0 Å². The molecule has 0 unspecified atom stereocenters. The van der Waals surface area contributed by atoms with Crippen LogP contribution in [0.1, 0.15) is 18.4 Å². The van der Waals surface area contributed by atoms with Gasteiger partial charge in [0.05, 0.1) is 6.54 Å². The molecule has 2 aliphatic heterocycles. The number of carbonyl (C=O) groups is 1. The molecule has 1 aromatic rings. The zero-order valence-electron chi connectivity index (χ0n) is 12.4. The molecule has 0 aliphatic carbocycles. The van der Waals surface area contributed by atoms with Gasteiger partial charge in [-0.15, -0.1) is 0 Å². The quantitative estimate of drug-likeness (QED) is 0.878. The van der Waals surface area contributed by atoms with E-state index < -0.39 is 0 Å². The second-order valence-corrected chi connectivity index (χ2v) is 7.08. The van der Waals surface area contributed by atoms with E-state index in [-0.39, 0.29) is 5.91 Å². The predicted octanol–water partition coefficient (Wildman–Crippen LogP) is 2.38. The molecule has 2 aliphatic rings. The molecule has 5 heteroatoms. The molecule has 2 N–H and O–H groups in total. The number of amides is 1. The van der Waals surface area contributed by atoms with Gasteiger partial charge in [-0.2, -0.15) is 0 Å². The Morgan fingerprint density at radius 2 is 2.33 bits per heavy atom. The van der Waals surface area contributed by atoms with E-state index in [9.17, 15) is 4.79 Å². The fraction of sp³-hybridized carbons (Fsp3) is 0.562. The van der Waals surface area contributed by atoms with Crippen molar-refractivity contribution in [1.29, 1.82) is 0 Å². The number of hydrogen-bond acceptors (Lipinski definition) is 3. The van der Waals surface area contributed by atoms with E-state index in [0.29, 0.717) is 12.6 Å². The number of benzene rings is 1. The van der Waals surface area contributed by atoms with Gasteiger partial charge in [0.2, 0.25) is 5.91 Å². The topological polar surface area (TPSA) is 44.4 Å². The third-order valence-corrected chi connectivity index (χ3v) is 5.00. The Morgan fingerprint density at radius 1 is 1.48 bits per heavy atom. The van der Waals surface area contributed by atoms with Gasteiger partial charge in [-0.25, -0.2) is 0 Å². The smallest absolute Gasteiger partial charge is 0.238 e. The van der Waals surface area contributed by atoms with Crippen LogP contribution in [0, 0.1) is 12.8 Å². The Morgan fingerprint density at radius 3 is 3.10 bits per heavy atom. The van der Waals surface area contributed by atoms with Gasteiger partial charge in [0, 0.05) is 29.3 Å². The van der Waals surface area contributed by atoms with Gasteiger partial charge >= 0.3 is 0 Å². The van der Waals surface area contributed by atoms with Crippen LogP contribution in [0.2, 0.25) is 0 Å². The van der Waals surface area contributed by atoms with Crippen LogP contribution in [-0.2, 0) is 4.79 Å². The molecule has 2 atom stereocenters. The highest BCUT2D eigenvalue weighted by Crippen LogP contribution is 2.25. The molecule has 0 spiro atoms. The van der Waals surface area contributed by atoms with Crippen LogP contribution in [0.3, 0.4) is 0 Å². The van der Waals surface area contributed by atoms with Crippen molar-refractivity contribution < 1.29 is 4.79 Å². The van der Waals surface area contributed by atoms with Gasteiger partial charge in [-0.05, 0) is 56.0 Å². The summed E-state index contributed by atoms with van der Waals surface area (Å²) in [5.41, 5.74) is 1.98. The lowest BCUT2D eigenvalue weighted by Gasteiger charge is -2.24. The minimum atomic E-state index is 0.0825. The van der Waals surface area contributed by atoms with Crippen LogP contribution >= 0.6 is 15.9 Å². The van der Waals surface area contributed by atoms with Crippen molar-refractivity contribution in [3.63, 3.8) is 0 Å². The first kappa shape index (κ1) is 15.0. The van der Waals surface area contributed by atoms with E-state index in [0.717, 1.165) is 41.3 Å². The highest BCUT2D eigenvalue weighted by molar-refractivity contribution is 9.10. The number of fused-ring (bicyclic) bond motifs is 1. The summed E-state index contributed by atoms with van der Waals surface area (Å²) in [6.45, 7) is 5.67. The standard InChI is InChI=1S/C16H22BrN3O/c1-11-7-13(17)4-5-14(11)19-16(21)10-20-8-12-3-2-6-18-15(12)9-20/h4-5,7,12,15,18H,2-3,6,8-10H2,1H3,(H,19,21)/t12-,15+/m0/s1. The van der Waals surface area contributed by atoms with Crippen molar-refractivity contribution in [2.24, 2.45) is 5.92 Å². The van der Waals surface area contributed by atoms with E-state index in [1.807, 2.05) is 25.1 Å². The molecular formula is C16H22BrN3O. The third-order valence-electron chi connectivity index (χ3n) is 4.50. The summed E-state index contributed by atoms with van der Waals surface area (Å²) in [4.78, 5) is 14.5. The Bertz CT molecular complexity index is 520. The van der Waals surface area contributed by atoms with Crippen molar-refractivity contribution in [2.45, 2.75) is 25.8 Å². The summed E-state index contributed by atoms with van der Waals surface area (Å²) in [5, 5.41) is 6.59. The van der Waals surface area contributed by atoms with Crippen LogP contribution in [0.25, 0.3) is 0 Å². The molecule has 0 aromatic heterocycles. The van der Waals surface area contributed by atoms with Crippen molar-refractivity contribution >= 4 is 27.5 Å². The lowest BCUT2D eigenvalue weighted by Crippen LogP contribution is -2.41. The minimum absolute atomic E-state index is 0.0825. The molecule has 114 valence electrons. The average Bonchev–Trinajstić information content (AvgIpc) is 2.84. The number of likely N-dealkylation sites (tertiary alicyclic amines) is 1. The fourth-order valence-electron chi connectivity index (χ4n) is 3.43. The molecule has 1 aromatic carbocycles. The normalized spacial score (nSPS) is 25.6. The van der Waals surface area contributed by atoms with E-state index in [4.69, 9.17) is 0 Å². The number of piperidine rings is 1. The lowest BCUT2D eigenvalue weighted by molar-refractivity contribution is -0.117. The van der Waals surface area contributed by atoms with Crippen molar-refractivity contribution in [1.82, 2.24) is 10.2 Å². The summed E-state index contributed by atoms with van der Waals surface area (Å²) >= 11 is 3.44. The number of nitrogens with zero attached hydrogens (tertiary/aromatic N) is 1. The highest BCUT2D eigenvalue weighted by atomic mass is 79.9. The van der Waals surface area contributed by atoms with Crippen LogP contribution in [0.5, 0.6) is 0 Å². The summed E-state index contributed by atoms with van der Waals surface area (Å²) in [6, 6.07) is 6.50. The zero-order valence-corrected chi connectivity index (χ0v) is 13.9. The van der Waals surface area contributed by atoms with E-state index in [2.05, 4.69) is 31.5 Å². The first-order chi connectivity index (χ1) is 10.1. The van der Waals surface area contributed by atoms with E-state index in [1.165, 1.54) is 12.8 Å². The van der Waals surface area contributed by atoms with Crippen molar-refractivity contribution in [3.05, 3.63) is 28.2 Å². The van der Waals surface area contributed by atoms with E-state index >= 15 is 0 Å². The summed E-state index contributed by atoms with van der Waals surface area (Å²) in [7, 11) is 0. The molecule has 2 heterocycles. The lowest BCUT2D eigenvalue weighted by atomic mass is 9.94.